The molecule has 1 amide bonds. The highest BCUT2D eigenvalue weighted by molar-refractivity contribution is 7.89. The number of aryl methyl sites for hydroxylation is 1. The molecule has 0 saturated heterocycles. The Bertz CT molecular complexity index is 975. The fourth-order valence-corrected chi connectivity index (χ4v) is 3.46. The molecule has 0 bridgehead atoms. The second-order valence-corrected chi connectivity index (χ2v) is 8.36. The number of anilines is 2. The van der Waals surface area contributed by atoms with Crippen LogP contribution in [0.25, 0.3) is 0 Å². The predicted molar refractivity (Wildman–Crippen MR) is 102 cm³/mol. The first-order valence-corrected chi connectivity index (χ1v) is 9.75. The molecule has 158 valence electrons. The van der Waals surface area contributed by atoms with E-state index in [1.165, 1.54) is 32.3 Å². The number of halogens is 3. The lowest BCUT2D eigenvalue weighted by molar-refractivity contribution is -0.274. The maximum Gasteiger partial charge on any atom is 0.573 e. The summed E-state index contributed by atoms with van der Waals surface area (Å²) in [4.78, 5) is 12.2. The lowest BCUT2D eigenvalue weighted by Gasteiger charge is -2.15. The van der Waals surface area contributed by atoms with Crippen LogP contribution in [0.5, 0.6) is 5.75 Å². The average molecular weight is 431 g/mol. The Labute approximate surface area is 166 Å². The SMILES string of the molecule is Cc1ccc(NC(=O)CNc2ccc(OC(F)(F)F)cc2)cc1S(=O)(=O)N(C)C. The van der Waals surface area contributed by atoms with Gasteiger partial charge in [-0.25, -0.2) is 12.7 Å². The molecule has 0 fully saturated rings. The summed E-state index contributed by atoms with van der Waals surface area (Å²) in [7, 11) is -0.840. The number of amides is 1. The van der Waals surface area contributed by atoms with E-state index >= 15 is 0 Å². The van der Waals surface area contributed by atoms with Crippen molar-refractivity contribution in [2.24, 2.45) is 0 Å². The molecule has 0 saturated carbocycles. The third kappa shape index (κ3) is 6.36. The Balaban J connectivity index is 2.00. The molecule has 29 heavy (non-hydrogen) atoms. The average Bonchev–Trinajstić information content (AvgIpc) is 2.61. The first-order chi connectivity index (χ1) is 13.4. The van der Waals surface area contributed by atoms with E-state index in [0.717, 1.165) is 16.4 Å². The number of nitrogens with zero attached hydrogens (tertiary/aromatic N) is 1. The van der Waals surface area contributed by atoms with Crippen molar-refractivity contribution in [3.05, 3.63) is 48.0 Å². The van der Waals surface area contributed by atoms with Crippen molar-refractivity contribution in [3.8, 4) is 5.75 Å². The molecule has 0 radical (unpaired) electrons. The van der Waals surface area contributed by atoms with Gasteiger partial charge in [0.15, 0.2) is 0 Å². The summed E-state index contributed by atoms with van der Waals surface area (Å²) in [5.74, 6) is -0.834. The van der Waals surface area contributed by atoms with Crippen LogP contribution in [0, 0.1) is 6.92 Å². The summed E-state index contributed by atoms with van der Waals surface area (Å²) in [5, 5.41) is 5.33. The molecule has 0 aliphatic heterocycles. The number of ether oxygens (including phenoxy) is 1. The van der Waals surface area contributed by atoms with E-state index < -0.39 is 22.3 Å². The standard InChI is InChI=1S/C18H20F3N3O4S/c1-12-4-5-14(10-16(12)29(26,27)24(2)3)23-17(25)11-22-13-6-8-15(9-7-13)28-18(19,20)21/h4-10,22H,11H2,1-3H3,(H,23,25). The van der Waals surface area contributed by atoms with E-state index in [-0.39, 0.29) is 17.2 Å². The van der Waals surface area contributed by atoms with E-state index in [2.05, 4.69) is 15.4 Å². The highest BCUT2D eigenvalue weighted by Gasteiger charge is 2.30. The van der Waals surface area contributed by atoms with Gasteiger partial charge in [-0.1, -0.05) is 6.07 Å². The van der Waals surface area contributed by atoms with Gasteiger partial charge >= 0.3 is 6.36 Å². The zero-order chi connectivity index (χ0) is 21.8. The van der Waals surface area contributed by atoms with Gasteiger partial charge in [0.05, 0.1) is 11.4 Å². The van der Waals surface area contributed by atoms with Gasteiger partial charge in [-0.3, -0.25) is 4.79 Å². The highest BCUT2D eigenvalue weighted by Crippen LogP contribution is 2.24. The number of benzene rings is 2. The first kappa shape index (κ1) is 22.5. The Kier molecular flexibility index (Phi) is 6.75. The van der Waals surface area contributed by atoms with Crippen LogP contribution in [0.3, 0.4) is 0 Å². The van der Waals surface area contributed by atoms with Crippen molar-refractivity contribution >= 4 is 27.3 Å². The number of carbonyl (C=O) groups is 1. The maximum atomic E-state index is 12.3. The minimum Gasteiger partial charge on any atom is -0.406 e. The molecular weight excluding hydrogens is 411 g/mol. The molecule has 2 aromatic rings. The second-order valence-electron chi connectivity index (χ2n) is 6.24. The number of nitrogens with one attached hydrogen (secondary N) is 2. The summed E-state index contributed by atoms with van der Waals surface area (Å²) < 4.78 is 65.9. The zero-order valence-electron chi connectivity index (χ0n) is 15.9. The van der Waals surface area contributed by atoms with Crippen molar-refractivity contribution in [3.63, 3.8) is 0 Å². The molecule has 0 aliphatic carbocycles. The quantitative estimate of drug-likeness (QED) is 0.703. The Morgan fingerprint density at radius 2 is 1.66 bits per heavy atom. The summed E-state index contributed by atoms with van der Waals surface area (Å²) >= 11 is 0. The van der Waals surface area contributed by atoms with E-state index in [4.69, 9.17) is 0 Å². The van der Waals surface area contributed by atoms with E-state index in [9.17, 15) is 26.4 Å². The molecule has 2 rings (SSSR count). The highest BCUT2D eigenvalue weighted by atomic mass is 32.2. The number of hydrogen-bond donors (Lipinski definition) is 2. The fraction of sp³-hybridized carbons (Fsp3) is 0.278. The molecule has 0 aromatic heterocycles. The summed E-state index contributed by atoms with van der Waals surface area (Å²) in [6.45, 7) is 1.47. The van der Waals surface area contributed by atoms with Crippen molar-refractivity contribution < 1.29 is 31.1 Å². The molecule has 2 N–H and O–H groups in total. The van der Waals surface area contributed by atoms with Gasteiger partial charge in [-0.2, -0.15) is 0 Å². The van der Waals surface area contributed by atoms with Crippen molar-refractivity contribution in [2.45, 2.75) is 18.2 Å². The van der Waals surface area contributed by atoms with Gasteiger partial charge in [-0.15, -0.1) is 13.2 Å². The lowest BCUT2D eigenvalue weighted by atomic mass is 10.2. The van der Waals surface area contributed by atoms with Crippen LogP contribution < -0.4 is 15.4 Å². The van der Waals surface area contributed by atoms with Crippen molar-refractivity contribution in [1.29, 1.82) is 0 Å². The van der Waals surface area contributed by atoms with Crippen LogP contribution in [0.4, 0.5) is 24.5 Å². The number of carbonyl (C=O) groups excluding carboxylic acids is 1. The number of rotatable bonds is 7. The topological polar surface area (TPSA) is 87.7 Å². The molecule has 2 aromatic carbocycles. The van der Waals surface area contributed by atoms with Gasteiger partial charge in [0.2, 0.25) is 15.9 Å². The fourth-order valence-electron chi connectivity index (χ4n) is 2.31. The maximum absolute atomic E-state index is 12.3. The Hall–Kier alpha value is -2.79. The van der Waals surface area contributed by atoms with Crippen LogP contribution >= 0.6 is 0 Å². The van der Waals surface area contributed by atoms with Crippen LogP contribution in [0.1, 0.15) is 5.56 Å². The number of hydrogen-bond acceptors (Lipinski definition) is 5. The first-order valence-electron chi connectivity index (χ1n) is 8.31. The van der Waals surface area contributed by atoms with Crippen molar-refractivity contribution in [1.82, 2.24) is 4.31 Å². The molecule has 11 heteroatoms. The molecule has 0 unspecified atom stereocenters. The van der Waals surface area contributed by atoms with E-state index in [1.807, 2.05) is 0 Å². The minimum atomic E-state index is -4.78. The van der Waals surface area contributed by atoms with Gasteiger partial charge in [-0.05, 0) is 48.9 Å². The second kappa shape index (κ2) is 8.70. The smallest absolute Gasteiger partial charge is 0.406 e. The lowest BCUT2D eigenvalue weighted by Crippen LogP contribution is -2.24. The summed E-state index contributed by atoms with van der Waals surface area (Å²) in [5.41, 5.74) is 1.25. The summed E-state index contributed by atoms with van der Waals surface area (Å²) in [6.07, 6.45) is -4.78. The zero-order valence-corrected chi connectivity index (χ0v) is 16.7. The van der Waals surface area contributed by atoms with Crippen LogP contribution in [0.2, 0.25) is 0 Å². The van der Waals surface area contributed by atoms with Gasteiger partial charge in [0.25, 0.3) is 0 Å². The van der Waals surface area contributed by atoms with Gasteiger partial charge in [0, 0.05) is 25.5 Å². The molecule has 7 nitrogen and oxygen atoms in total. The van der Waals surface area contributed by atoms with E-state index in [0.29, 0.717) is 16.9 Å². The molecule has 0 atom stereocenters. The van der Waals surface area contributed by atoms with Gasteiger partial charge in [0.1, 0.15) is 5.75 Å². The van der Waals surface area contributed by atoms with Crippen LogP contribution in [0.15, 0.2) is 47.4 Å². The largest absolute Gasteiger partial charge is 0.573 e. The molecule has 0 spiro atoms. The summed E-state index contributed by atoms with van der Waals surface area (Å²) in [6, 6.07) is 9.43. The van der Waals surface area contributed by atoms with Gasteiger partial charge < -0.3 is 15.4 Å². The third-order valence-corrected chi connectivity index (χ3v) is 5.73. The van der Waals surface area contributed by atoms with Crippen LogP contribution in [-0.4, -0.2) is 45.6 Å². The number of sulfonamides is 1. The normalized spacial score (nSPS) is 12.0. The van der Waals surface area contributed by atoms with Crippen molar-refractivity contribution in [2.75, 3.05) is 31.3 Å². The van der Waals surface area contributed by atoms with Crippen LogP contribution in [-0.2, 0) is 14.8 Å². The minimum absolute atomic E-state index is 0.0773. The molecule has 0 heterocycles. The number of alkyl halides is 3. The van der Waals surface area contributed by atoms with E-state index in [1.54, 1.807) is 19.1 Å². The molecular formula is C18H20F3N3O4S. The molecule has 0 aliphatic rings. The third-order valence-electron chi connectivity index (χ3n) is 3.77. The predicted octanol–water partition coefficient (Wildman–Crippen LogP) is 3.19. The monoisotopic (exact) mass is 431 g/mol. The Morgan fingerprint density at radius 1 is 1.07 bits per heavy atom. The Morgan fingerprint density at radius 3 is 2.21 bits per heavy atom.